The zero-order valence-electron chi connectivity index (χ0n) is 8.77. The average molecular weight is 292 g/mol. The molecule has 0 aliphatic carbocycles. The third-order valence-electron chi connectivity index (χ3n) is 2.58. The Labute approximate surface area is 101 Å². The smallest absolute Gasteiger partial charge is 0.128 e. The fourth-order valence-electron chi connectivity index (χ4n) is 1.55. The van der Waals surface area contributed by atoms with Crippen molar-refractivity contribution >= 4 is 22.2 Å². The molecule has 0 heterocycles. The highest BCUT2D eigenvalue weighted by atomic mass is 79.9. The summed E-state index contributed by atoms with van der Waals surface area (Å²) in [6.45, 7) is -0.852. The summed E-state index contributed by atoms with van der Waals surface area (Å²) in [6.07, 6.45) is 0.462. The summed E-state index contributed by atoms with van der Waals surface area (Å²) in [7, 11) is 1.50. The summed E-state index contributed by atoms with van der Waals surface area (Å²) in [5.41, 5.74) is -1.13. The minimum absolute atomic E-state index is 0.118. The van der Waals surface area contributed by atoms with Gasteiger partial charge in [0.25, 0.3) is 0 Å². The maximum Gasteiger partial charge on any atom is 0.128 e. The van der Waals surface area contributed by atoms with Gasteiger partial charge in [-0.3, -0.25) is 0 Å². The van der Waals surface area contributed by atoms with Gasteiger partial charge in [0.2, 0.25) is 0 Å². The Bertz CT molecular complexity index is 380. The second kappa shape index (κ2) is 5.50. The number of aldehydes is 1. The Morgan fingerprint density at radius 2 is 2.25 bits per heavy atom. The molecule has 1 aromatic rings. The fourth-order valence-corrected chi connectivity index (χ4v) is 1.91. The summed E-state index contributed by atoms with van der Waals surface area (Å²) in [5.74, 6) is -0.531. The Morgan fingerprint density at radius 3 is 2.75 bits per heavy atom. The molecule has 1 atom stereocenters. The van der Waals surface area contributed by atoms with Crippen LogP contribution < -0.4 is 5.32 Å². The Balaban J connectivity index is 3.29. The summed E-state index contributed by atoms with van der Waals surface area (Å²) in [6, 6.07) is 4.25. The second-order valence-electron chi connectivity index (χ2n) is 3.46. The predicted octanol–water partition coefficient (Wildman–Crippen LogP) is 2.56. The largest absolute Gasteiger partial charge is 0.308 e. The van der Waals surface area contributed by atoms with E-state index in [1.54, 1.807) is 0 Å². The number of nitrogens with one attached hydrogen (secondary N) is 1. The molecule has 0 saturated carbocycles. The molecule has 0 aliphatic rings. The minimum atomic E-state index is -1.28. The van der Waals surface area contributed by atoms with Crippen molar-refractivity contribution in [1.29, 1.82) is 0 Å². The first-order valence-electron chi connectivity index (χ1n) is 4.73. The number of halogens is 3. The van der Waals surface area contributed by atoms with Gasteiger partial charge in [0.05, 0.1) is 5.54 Å². The highest BCUT2D eigenvalue weighted by Crippen LogP contribution is 2.29. The van der Waals surface area contributed by atoms with Crippen molar-refractivity contribution in [1.82, 2.24) is 5.32 Å². The number of rotatable bonds is 5. The van der Waals surface area contributed by atoms with E-state index in [0.717, 1.165) is 0 Å². The zero-order chi connectivity index (χ0) is 12.2. The van der Waals surface area contributed by atoms with Crippen molar-refractivity contribution in [3.8, 4) is 0 Å². The van der Waals surface area contributed by atoms with Crippen molar-refractivity contribution in [3.63, 3.8) is 0 Å². The molecule has 0 radical (unpaired) electrons. The number of carbonyl (C=O) groups excluding carboxylic acids is 1. The fraction of sp³-hybridized carbons (Fsp3) is 0.364. The number of carbonyl (C=O) groups is 1. The van der Waals surface area contributed by atoms with Crippen molar-refractivity contribution in [2.24, 2.45) is 0 Å². The van der Waals surface area contributed by atoms with Crippen molar-refractivity contribution in [2.45, 2.75) is 12.0 Å². The van der Waals surface area contributed by atoms with Crippen LogP contribution in [0.25, 0.3) is 0 Å². The van der Waals surface area contributed by atoms with Gasteiger partial charge < -0.3 is 10.1 Å². The quantitative estimate of drug-likeness (QED) is 0.845. The molecule has 5 heteroatoms. The van der Waals surface area contributed by atoms with Crippen LogP contribution in [-0.4, -0.2) is 20.0 Å². The van der Waals surface area contributed by atoms with Gasteiger partial charge in [-0.2, -0.15) is 0 Å². The molecule has 0 aromatic heterocycles. The van der Waals surface area contributed by atoms with Crippen LogP contribution in [-0.2, 0) is 10.3 Å². The first-order valence-corrected chi connectivity index (χ1v) is 5.53. The Kier molecular flexibility index (Phi) is 4.56. The second-order valence-corrected chi connectivity index (χ2v) is 4.38. The Hall–Kier alpha value is -0.810. The third-order valence-corrected chi connectivity index (χ3v) is 3.08. The standard InChI is InChI=1S/C11H12BrF2NO/c1-15-11(7-13,4-5-16)9-6-8(12)2-3-10(9)14/h2-3,5-6,15H,4,7H2,1H3/t11-/m1/s1. The molecule has 0 saturated heterocycles. The molecule has 2 nitrogen and oxygen atoms in total. The Morgan fingerprint density at radius 1 is 1.56 bits per heavy atom. The molecule has 0 fully saturated rings. The van der Waals surface area contributed by atoms with E-state index >= 15 is 0 Å². The van der Waals surface area contributed by atoms with Crippen molar-refractivity contribution in [2.75, 3.05) is 13.7 Å². The zero-order valence-corrected chi connectivity index (χ0v) is 10.4. The summed E-state index contributed by atoms with van der Waals surface area (Å²) in [4.78, 5) is 10.6. The first kappa shape index (κ1) is 13.3. The van der Waals surface area contributed by atoms with Crippen molar-refractivity contribution < 1.29 is 13.6 Å². The topological polar surface area (TPSA) is 29.1 Å². The van der Waals surface area contributed by atoms with E-state index < -0.39 is 18.0 Å². The lowest BCUT2D eigenvalue weighted by Gasteiger charge is -2.29. The molecule has 1 aromatic carbocycles. The molecule has 1 N–H and O–H groups in total. The predicted molar refractivity (Wildman–Crippen MR) is 61.5 cm³/mol. The van der Waals surface area contributed by atoms with Crippen LogP contribution in [0.2, 0.25) is 0 Å². The van der Waals surface area contributed by atoms with E-state index in [-0.39, 0.29) is 12.0 Å². The molecule has 0 spiro atoms. The van der Waals surface area contributed by atoms with Gasteiger partial charge in [0.1, 0.15) is 18.8 Å². The highest BCUT2D eigenvalue weighted by Gasteiger charge is 2.33. The van der Waals surface area contributed by atoms with Gasteiger partial charge in [-0.1, -0.05) is 15.9 Å². The summed E-state index contributed by atoms with van der Waals surface area (Å²) < 4.78 is 27.4. The molecule has 0 bridgehead atoms. The lowest BCUT2D eigenvalue weighted by atomic mass is 9.88. The van der Waals surface area contributed by atoms with Crippen LogP contribution in [0.3, 0.4) is 0 Å². The van der Waals surface area contributed by atoms with E-state index in [9.17, 15) is 13.6 Å². The molecule has 88 valence electrons. The van der Waals surface area contributed by atoms with Crippen LogP contribution >= 0.6 is 15.9 Å². The molecule has 1 rings (SSSR count). The SMILES string of the molecule is CN[C@@](CF)(CC=O)c1cc(Br)ccc1F. The van der Waals surface area contributed by atoms with Gasteiger partial charge in [0, 0.05) is 16.5 Å². The van der Waals surface area contributed by atoms with Crippen molar-refractivity contribution in [3.05, 3.63) is 34.1 Å². The maximum atomic E-state index is 13.6. The normalized spacial score (nSPS) is 14.5. The number of benzene rings is 1. The number of hydrogen-bond donors (Lipinski definition) is 1. The van der Waals surface area contributed by atoms with Crippen LogP contribution in [0.15, 0.2) is 22.7 Å². The van der Waals surface area contributed by atoms with Crippen LogP contribution in [0.5, 0.6) is 0 Å². The summed E-state index contributed by atoms with van der Waals surface area (Å²) in [5, 5.41) is 2.68. The maximum absolute atomic E-state index is 13.6. The average Bonchev–Trinajstić information content (AvgIpc) is 2.30. The van der Waals surface area contributed by atoms with Crippen LogP contribution in [0, 0.1) is 5.82 Å². The lowest BCUT2D eigenvalue weighted by molar-refractivity contribution is -0.109. The van der Waals surface area contributed by atoms with E-state index in [1.165, 1.54) is 25.2 Å². The van der Waals surface area contributed by atoms with Crippen LogP contribution in [0.1, 0.15) is 12.0 Å². The first-order chi connectivity index (χ1) is 7.59. The minimum Gasteiger partial charge on any atom is -0.308 e. The van der Waals surface area contributed by atoms with Crippen LogP contribution in [0.4, 0.5) is 8.78 Å². The van der Waals surface area contributed by atoms with E-state index in [4.69, 9.17) is 0 Å². The molecule has 16 heavy (non-hydrogen) atoms. The lowest BCUT2D eigenvalue weighted by Crippen LogP contribution is -2.43. The molecular weight excluding hydrogens is 280 g/mol. The van der Waals surface area contributed by atoms with E-state index in [1.807, 2.05) is 0 Å². The number of hydrogen-bond acceptors (Lipinski definition) is 2. The van der Waals surface area contributed by atoms with Gasteiger partial charge in [0.15, 0.2) is 0 Å². The van der Waals surface area contributed by atoms with E-state index in [2.05, 4.69) is 21.2 Å². The molecular formula is C11H12BrF2NO. The third kappa shape index (κ3) is 2.47. The van der Waals surface area contributed by atoms with Gasteiger partial charge in [-0.15, -0.1) is 0 Å². The summed E-state index contributed by atoms with van der Waals surface area (Å²) >= 11 is 3.19. The number of alkyl halides is 1. The van der Waals surface area contributed by atoms with Gasteiger partial charge in [-0.05, 0) is 25.2 Å². The monoisotopic (exact) mass is 291 g/mol. The molecule has 0 amide bonds. The van der Waals surface area contributed by atoms with Gasteiger partial charge in [-0.25, -0.2) is 8.78 Å². The molecule has 0 unspecified atom stereocenters. The molecule has 0 aliphatic heterocycles. The highest BCUT2D eigenvalue weighted by molar-refractivity contribution is 9.10. The van der Waals surface area contributed by atoms with E-state index in [0.29, 0.717) is 10.8 Å². The van der Waals surface area contributed by atoms with Gasteiger partial charge >= 0.3 is 0 Å².